The summed E-state index contributed by atoms with van der Waals surface area (Å²) in [4.78, 5) is 19.8. The number of hydrogen-bond acceptors (Lipinski definition) is 6. The molecule has 0 aliphatic rings. The third-order valence-electron chi connectivity index (χ3n) is 2.33. The van der Waals surface area contributed by atoms with Crippen molar-refractivity contribution in [2.75, 3.05) is 23.8 Å². The molecular weight excluding hydrogens is 312 g/mol. The molecule has 1 rings (SSSR count). The van der Waals surface area contributed by atoms with Crippen LogP contribution in [0.15, 0.2) is 10.8 Å². The Kier molecular flexibility index (Phi) is 6.55. The van der Waals surface area contributed by atoms with Crippen molar-refractivity contribution in [2.24, 2.45) is 0 Å². The zero-order valence-corrected chi connectivity index (χ0v) is 13.0. The summed E-state index contributed by atoms with van der Waals surface area (Å²) in [6.45, 7) is 6.76. The second-order valence-corrected chi connectivity index (χ2v) is 4.72. The van der Waals surface area contributed by atoms with E-state index >= 15 is 0 Å². The second kappa shape index (κ2) is 7.93. The van der Waals surface area contributed by atoms with E-state index in [-0.39, 0.29) is 5.97 Å². The van der Waals surface area contributed by atoms with Crippen LogP contribution in [-0.4, -0.2) is 35.1 Å². The Balaban J connectivity index is 2.75. The standard InChI is InChI=1S/C12H19BrN4O2/c1-4-6-14-10-9(13)11(16-7-15-10)17-8(3)12(18)19-5-2/h7-8H,4-6H2,1-3H3,(H2,14,15,16,17). The van der Waals surface area contributed by atoms with E-state index in [1.807, 2.05) is 0 Å². The van der Waals surface area contributed by atoms with Gasteiger partial charge in [-0.2, -0.15) is 0 Å². The Bertz CT molecular complexity index is 428. The summed E-state index contributed by atoms with van der Waals surface area (Å²) in [5, 5.41) is 6.18. The first-order valence-electron chi connectivity index (χ1n) is 6.27. The molecule has 0 saturated heterocycles. The molecular formula is C12H19BrN4O2. The predicted octanol–water partition coefficient (Wildman–Crippen LogP) is 2.42. The Morgan fingerprint density at radius 1 is 1.42 bits per heavy atom. The van der Waals surface area contributed by atoms with Gasteiger partial charge in [-0.25, -0.2) is 14.8 Å². The van der Waals surface area contributed by atoms with Gasteiger partial charge in [-0.1, -0.05) is 6.92 Å². The van der Waals surface area contributed by atoms with Gasteiger partial charge >= 0.3 is 5.97 Å². The van der Waals surface area contributed by atoms with Gasteiger partial charge in [-0.3, -0.25) is 0 Å². The van der Waals surface area contributed by atoms with Crippen LogP contribution in [0, 0.1) is 0 Å². The fraction of sp³-hybridized carbons (Fsp3) is 0.583. The highest BCUT2D eigenvalue weighted by Gasteiger charge is 2.17. The van der Waals surface area contributed by atoms with E-state index < -0.39 is 6.04 Å². The molecule has 0 amide bonds. The molecule has 1 aromatic heterocycles. The van der Waals surface area contributed by atoms with Crippen LogP contribution in [0.3, 0.4) is 0 Å². The van der Waals surface area contributed by atoms with Gasteiger partial charge in [0.1, 0.15) is 28.5 Å². The first-order valence-corrected chi connectivity index (χ1v) is 7.06. The average Bonchev–Trinajstić information content (AvgIpc) is 2.40. The summed E-state index contributed by atoms with van der Waals surface area (Å²) in [6.07, 6.45) is 2.45. The maximum atomic E-state index is 11.6. The van der Waals surface area contributed by atoms with E-state index in [2.05, 4.69) is 43.5 Å². The monoisotopic (exact) mass is 330 g/mol. The number of nitrogens with zero attached hydrogens (tertiary/aromatic N) is 2. The molecule has 7 heteroatoms. The summed E-state index contributed by atoms with van der Waals surface area (Å²) >= 11 is 3.43. The van der Waals surface area contributed by atoms with Crippen molar-refractivity contribution >= 4 is 33.5 Å². The van der Waals surface area contributed by atoms with Crippen LogP contribution in [0.4, 0.5) is 11.6 Å². The first-order chi connectivity index (χ1) is 9.10. The topological polar surface area (TPSA) is 76.1 Å². The van der Waals surface area contributed by atoms with Gasteiger partial charge in [0.05, 0.1) is 6.61 Å². The molecule has 0 aromatic carbocycles. The zero-order chi connectivity index (χ0) is 14.3. The summed E-state index contributed by atoms with van der Waals surface area (Å²) in [5.41, 5.74) is 0. The van der Waals surface area contributed by atoms with Gasteiger partial charge in [-0.15, -0.1) is 0 Å². The van der Waals surface area contributed by atoms with E-state index in [4.69, 9.17) is 4.74 Å². The molecule has 0 radical (unpaired) electrons. The summed E-state index contributed by atoms with van der Waals surface area (Å²) in [5.74, 6) is 0.959. The van der Waals surface area contributed by atoms with Crippen LogP contribution >= 0.6 is 15.9 Å². The van der Waals surface area contributed by atoms with Gasteiger partial charge in [0.25, 0.3) is 0 Å². The van der Waals surface area contributed by atoms with Gasteiger partial charge in [0.2, 0.25) is 0 Å². The molecule has 106 valence electrons. The summed E-state index contributed by atoms with van der Waals surface area (Å²) in [7, 11) is 0. The normalized spacial score (nSPS) is 11.8. The summed E-state index contributed by atoms with van der Waals surface area (Å²) in [6, 6.07) is -0.467. The molecule has 0 saturated carbocycles. The van der Waals surface area contributed by atoms with Crippen LogP contribution in [0.25, 0.3) is 0 Å². The zero-order valence-electron chi connectivity index (χ0n) is 11.4. The van der Waals surface area contributed by atoms with E-state index in [1.165, 1.54) is 6.33 Å². The fourth-order valence-corrected chi connectivity index (χ4v) is 1.83. The van der Waals surface area contributed by atoms with Crippen molar-refractivity contribution in [3.8, 4) is 0 Å². The molecule has 1 unspecified atom stereocenters. The lowest BCUT2D eigenvalue weighted by Crippen LogP contribution is -2.28. The molecule has 0 spiro atoms. The highest BCUT2D eigenvalue weighted by molar-refractivity contribution is 9.10. The number of ether oxygens (including phenoxy) is 1. The molecule has 1 atom stereocenters. The highest BCUT2D eigenvalue weighted by atomic mass is 79.9. The van der Waals surface area contributed by atoms with Crippen molar-refractivity contribution in [2.45, 2.75) is 33.2 Å². The van der Waals surface area contributed by atoms with Gasteiger partial charge in [0, 0.05) is 6.54 Å². The maximum absolute atomic E-state index is 11.6. The largest absolute Gasteiger partial charge is 0.464 e. The number of hydrogen-bond donors (Lipinski definition) is 2. The van der Waals surface area contributed by atoms with Crippen molar-refractivity contribution in [1.82, 2.24) is 9.97 Å². The smallest absolute Gasteiger partial charge is 0.328 e. The van der Waals surface area contributed by atoms with Crippen molar-refractivity contribution in [1.29, 1.82) is 0 Å². The number of halogens is 1. The second-order valence-electron chi connectivity index (χ2n) is 3.93. The minimum absolute atomic E-state index is 0.309. The SMILES string of the molecule is CCCNc1ncnc(NC(C)C(=O)OCC)c1Br. The number of esters is 1. The van der Waals surface area contributed by atoms with Crippen molar-refractivity contribution in [3.63, 3.8) is 0 Å². The number of aromatic nitrogens is 2. The molecule has 19 heavy (non-hydrogen) atoms. The number of anilines is 2. The average molecular weight is 331 g/mol. The maximum Gasteiger partial charge on any atom is 0.328 e. The number of nitrogens with one attached hydrogen (secondary N) is 2. The lowest BCUT2D eigenvalue weighted by Gasteiger charge is -2.15. The Morgan fingerprint density at radius 3 is 2.74 bits per heavy atom. The number of carbonyl (C=O) groups excluding carboxylic acids is 1. The molecule has 1 heterocycles. The number of rotatable bonds is 7. The molecule has 0 aliphatic carbocycles. The summed E-state index contributed by atoms with van der Waals surface area (Å²) < 4.78 is 5.64. The van der Waals surface area contributed by atoms with E-state index in [9.17, 15) is 4.79 Å². The minimum Gasteiger partial charge on any atom is -0.464 e. The van der Waals surface area contributed by atoms with E-state index in [0.29, 0.717) is 22.7 Å². The number of carbonyl (C=O) groups is 1. The Labute approximate surface area is 121 Å². The minimum atomic E-state index is -0.467. The quantitative estimate of drug-likeness (QED) is 0.748. The van der Waals surface area contributed by atoms with E-state index in [0.717, 1.165) is 13.0 Å². The van der Waals surface area contributed by atoms with Crippen LogP contribution in [0.2, 0.25) is 0 Å². The molecule has 6 nitrogen and oxygen atoms in total. The molecule has 0 fully saturated rings. The Morgan fingerprint density at radius 2 is 2.11 bits per heavy atom. The van der Waals surface area contributed by atoms with Gasteiger partial charge < -0.3 is 15.4 Å². The third kappa shape index (κ3) is 4.66. The molecule has 2 N–H and O–H groups in total. The van der Waals surface area contributed by atoms with E-state index in [1.54, 1.807) is 13.8 Å². The lowest BCUT2D eigenvalue weighted by molar-refractivity contribution is -0.143. The molecule has 0 aliphatic heterocycles. The molecule has 0 bridgehead atoms. The van der Waals surface area contributed by atoms with Crippen LogP contribution in [0.5, 0.6) is 0 Å². The van der Waals surface area contributed by atoms with Crippen molar-refractivity contribution in [3.05, 3.63) is 10.8 Å². The van der Waals surface area contributed by atoms with Crippen LogP contribution in [0.1, 0.15) is 27.2 Å². The van der Waals surface area contributed by atoms with Gasteiger partial charge in [0.15, 0.2) is 0 Å². The van der Waals surface area contributed by atoms with Gasteiger partial charge in [-0.05, 0) is 36.2 Å². The highest BCUT2D eigenvalue weighted by Crippen LogP contribution is 2.26. The first kappa shape index (κ1) is 15.7. The fourth-order valence-electron chi connectivity index (χ4n) is 1.37. The van der Waals surface area contributed by atoms with Crippen molar-refractivity contribution < 1.29 is 9.53 Å². The third-order valence-corrected chi connectivity index (χ3v) is 3.08. The molecule has 1 aromatic rings. The van der Waals surface area contributed by atoms with Crippen LogP contribution < -0.4 is 10.6 Å². The van der Waals surface area contributed by atoms with Crippen LogP contribution in [-0.2, 0) is 9.53 Å². The predicted molar refractivity (Wildman–Crippen MR) is 78.2 cm³/mol. The Hall–Kier alpha value is -1.37. The lowest BCUT2D eigenvalue weighted by atomic mass is 10.3.